The standard InChI is InChI=1S/C15H22N4O4S/c1-2-19(13-3-8-24(21,22)11-13)14(20)12-9-16-15(17-10-12)18-4-6-23-7-5-18/h9-10,13H,2-8,11H2,1H3. The number of hydrogen-bond donors (Lipinski definition) is 0. The number of ether oxygens (including phenoxy) is 1. The van der Waals surface area contributed by atoms with Crippen LogP contribution in [0.1, 0.15) is 23.7 Å². The molecule has 0 saturated carbocycles. The number of amides is 1. The van der Waals surface area contributed by atoms with Crippen LogP contribution in [-0.2, 0) is 14.6 Å². The van der Waals surface area contributed by atoms with Crippen molar-refractivity contribution in [2.75, 3.05) is 49.3 Å². The van der Waals surface area contributed by atoms with Gasteiger partial charge in [-0.2, -0.15) is 0 Å². The van der Waals surface area contributed by atoms with Crippen LogP contribution in [0.15, 0.2) is 12.4 Å². The van der Waals surface area contributed by atoms with E-state index in [4.69, 9.17) is 4.74 Å². The number of anilines is 1. The number of sulfone groups is 1. The third-order valence-electron chi connectivity index (χ3n) is 4.43. The highest BCUT2D eigenvalue weighted by atomic mass is 32.2. The summed E-state index contributed by atoms with van der Waals surface area (Å²) in [5.74, 6) is 0.558. The quantitative estimate of drug-likeness (QED) is 0.749. The largest absolute Gasteiger partial charge is 0.378 e. The van der Waals surface area contributed by atoms with Crippen molar-refractivity contribution < 1.29 is 17.9 Å². The molecule has 0 bridgehead atoms. The second kappa shape index (κ2) is 7.02. The molecule has 0 aliphatic carbocycles. The molecule has 24 heavy (non-hydrogen) atoms. The molecule has 2 aliphatic heterocycles. The van der Waals surface area contributed by atoms with E-state index < -0.39 is 9.84 Å². The minimum Gasteiger partial charge on any atom is -0.378 e. The zero-order valence-electron chi connectivity index (χ0n) is 13.7. The summed E-state index contributed by atoms with van der Waals surface area (Å²) < 4.78 is 28.6. The molecule has 1 aromatic rings. The molecular formula is C15H22N4O4S. The maximum absolute atomic E-state index is 12.7. The Hall–Kier alpha value is -1.74. The first-order valence-electron chi connectivity index (χ1n) is 8.16. The maximum Gasteiger partial charge on any atom is 0.257 e. The Labute approximate surface area is 141 Å². The summed E-state index contributed by atoms with van der Waals surface area (Å²) in [4.78, 5) is 24.9. The third-order valence-corrected chi connectivity index (χ3v) is 6.18. The van der Waals surface area contributed by atoms with Gasteiger partial charge in [-0.3, -0.25) is 4.79 Å². The number of nitrogens with zero attached hydrogens (tertiary/aromatic N) is 4. The van der Waals surface area contributed by atoms with Gasteiger partial charge in [0.15, 0.2) is 9.84 Å². The Morgan fingerprint density at radius 3 is 2.54 bits per heavy atom. The second-order valence-electron chi connectivity index (χ2n) is 6.02. The number of hydrogen-bond acceptors (Lipinski definition) is 7. The van der Waals surface area contributed by atoms with E-state index >= 15 is 0 Å². The topological polar surface area (TPSA) is 92.7 Å². The van der Waals surface area contributed by atoms with E-state index in [-0.39, 0.29) is 23.5 Å². The van der Waals surface area contributed by atoms with Gasteiger partial charge in [0.1, 0.15) is 0 Å². The molecule has 0 spiro atoms. The summed E-state index contributed by atoms with van der Waals surface area (Å²) in [5.41, 5.74) is 0.387. The van der Waals surface area contributed by atoms with Gasteiger partial charge in [-0.15, -0.1) is 0 Å². The third kappa shape index (κ3) is 3.67. The van der Waals surface area contributed by atoms with E-state index in [1.807, 2.05) is 11.8 Å². The Morgan fingerprint density at radius 1 is 1.33 bits per heavy atom. The second-order valence-corrected chi connectivity index (χ2v) is 8.25. The molecule has 8 nitrogen and oxygen atoms in total. The molecule has 132 valence electrons. The van der Waals surface area contributed by atoms with E-state index in [2.05, 4.69) is 9.97 Å². The Kier molecular flexibility index (Phi) is 5.00. The van der Waals surface area contributed by atoms with Gasteiger partial charge >= 0.3 is 0 Å². The van der Waals surface area contributed by atoms with E-state index in [0.717, 1.165) is 13.1 Å². The van der Waals surface area contributed by atoms with Crippen LogP contribution >= 0.6 is 0 Å². The highest BCUT2D eigenvalue weighted by Crippen LogP contribution is 2.20. The van der Waals surface area contributed by atoms with E-state index in [1.54, 1.807) is 4.90 Å². The molecule has 1 aromatic heterocycles. The minimum atomic E-state index is -3.03. The number of carbonyl (C=O) groups is 1. The highest BCUT2D eigenvalue weighted by Gasteiger charge is 2.34. The first-order chi connectivity index (χ1) is 11.5. The summed E-state index contributed by atoms with van der Waals surface area (Å²) in [6.07, 6.45) is 3.53. The van der Waals surface area contributed by atoms with E-state index in [1.165, 1.54) is 12.4 Å². The smallest absolute Gasteiger partial charge is 0.257 e. The fourth-order valence-electron chi connectivity index (χ4n) is 3.11. The van der Waals surface area contributed by atoms with Gasteiger partial charge < -0.3 is 14.5 Å². The molecule has 1 atom stereocenters. The molecule has 0 N–H and O–H groups in total. The molecule has 0 aromatic carbocycles. The van der Waals surface area contributed by atoms with Crippen molar-refractivity contribution in [1.82, 2.24) is 14.9 Å². The van der Waals surface area contributed by atoms with E-state index in [9.17, 15) is 13.2 Å². The molecule has 3 rings (SSSR count). The van der Waals surface area contributed by atoms with Crippen LogP contribution < -0.4 is 4.90 Å². The Balaban J connectivity index is 1.71. The van der Waals surface area contributed by atoms with Crippen molar-refractivity contribution in [3.05, 3.63) is 18.0 Å². The van der Waals surface area contributed by atoms with Crippen LogP contribution in [0.5, 0.6) is 0 Å². The van der Waals surface area contributed by atoms with Crippen LogP contribution in [0.25, 0.3) is 0 Å². The average Bonchev–Trinajstić information content (AvgIpc) is 2.96. The van der Waals surface area contributed by atoms with Crippen LogP contribution in [0.4, 0.5) is 5.95 Å². The van der Waals surface area contributed by atoms with Crippen molar-refractivity contribution in [1.29, 1.82) is 0 Å². The zero-order chi connectivity index (χ0) is 17.2. The molecule has 1 amide bonds. The van der Waals surface area contributed by atoms with Crippen molar-refractivity contribution in [2.24, 2.45) is 0 Å². The number of carbonyl (C=O) groups excluding carboxylic acids is 1. The first-order valence-corrected chi connectivity index (χ1v) is 9.98. The van der Waals surface area contributed by atoms with Gasteiger partial charge in [-0.05, 0) is 13.3 Å². The molecule has 1 unspecified atom stereocenters. The number of rotatable bonds is 4. The van der Waals surface area contributed by atoms with Crippen molar-refractivity contribution in [3.8, 4) is 0 Å². The summed E-state index contributed by atoms with van der Waals surface area (Å²) in [7, 11) is -3.03. The Morgan fingerprint density at radius 2 is 2.00 bits per heavy atom. The van der Waals surface area contributed by atoms with E-state index in [0.29, 0.717) is 37.7 Å². The molecule has 2 saturated heterocycles. The van der Waals surface area contributed by atoms with Crippen molar-refractivity contribution in [3.63, 3.8) is 0 Å². The lowest BCUT2D eigenvalue weighted by Crippen LogP contribution is -2.41. The highest BCUT2D eigenvalue weighted by molar-refractivity contribution is 7.91. The van der Waals surface area contributed by atoms with Gasteiger partial charge in [-0.25, -0.2) is 18.4 Å². The monoisotopic (exact) mass is 354 g/mol. The minimum absolute atomic E-state index is 0.0410. The number of aromatic nitrogens is 2. The van der Waals surface area contributed by atoms with Crippen molar-refractivity contribution in [2.45, 2.75) is 19.4 Å². The fraction of sp³-hybridized carbons (Fsp3) is 0.667. The maximum atomic E-state index is 12.7. The SMILES string of the molecule is CCN(C(=O)c1cnc(N2CCOCC2)nc1)C1CCS(=O)(=O)C1. The molecule has 2 fully saturated rings. The summed E-state index contributed by atoms with van der Waals surface area (Å²) in [5, 5.41) is 0. The van der Waals surface area contributed by atoms with Gasteiger partial charge in [0, 0.05) is 38.1 Å². The van der Waals surface area contributed by atoms with Gasteiger partial charge in [-0.1, -0.05) is 0 Å². The van der Waals surface area contributed by atoms with Crippen molar-refractivity contribution >= 4 is 21.7 Å². The molecular weight excluding hydrogens is 332 g/mol. The predicted octanol–water partition coefficient (Wildman–Crippen LogP) is -0.0376. The van der Waals surface area contributed by atoms with Gasteiger partial charge in [0.2, 0.25) is 5.95 Å². The van der Waals surface area contributed by atoms with Crippen LogP contribution in [0.2, 0.25) is 0 Å². The lowest BCUT2D eigenvalue weighted by Gasteiger charge is -2.28. The van der Waals surface area contributed by atoms with Crippen LogP contribution in [-0.4, -0.2) is 79.6 Å². The molecule has 0 radical (unpaired) electrons. The normalized spacial score (nSPS) is 23.2. The lowest BCUT2D eigenvalue weighted by atomic mass is 10.2. The predicted molar refractivity (Wildman–Crippen MR) is 88.8 cm³/mol. The van der Waals surface area contributed by atoms with Gasteiger partial charge in [0.25, 0.3) is 5.91 Å². The average molecular weight is 354 g/mol. The zero-order valence-corrected chi connectivity index (χ0v) is 14.5. The Bertz CT molecular complexity index is 686. The van der Waals surface area contributed by atoms with Crippen LogP contribution in [0.3, 0.4) is 0 Å². The molecule has 9 heteroatoms. The van der Waals surface area contributed by atoms with Gasteiger partial charge in [0.05, 0.1) is 30.3 Å². The summed E-state index contributed by atoms with van der Waals surface area (Å²) in [6.45, 7) is 5.06. The molecule has 2 aliphatic rings. The summed E-state index contributed by atoms with van der Waals surface area (Å²) in [6, 6.07) is -0.258. The summed E-state index contributed by atoms with van der Waals surface area (Å²) >= 11 is 0. The first kappa shape index (κ1) is 17.1. The lowest BCUT2D eigenvalue weighted by molar-refractivity contribution is 0.0707. The molecule has 3 heterocycles. The number of morpholine rings is 1. The fourth-order valence-corrected chi connectivity index (χ4v) is 4.84. The van der Waals surface area contributed by atoms with Crippen LogP contribution in [0, 0.1) is 0 Å².